The predicted molar refractivity (Wildman–Crippen MR) is 103 cm³/mol. The predicted octanol–water partition coefficient (Wildman–Crippen LogP) is 3.91. The molecule has 0 heterocycles. The van der Waals surface area contributed by atoms with Gasteiger partial charge in [-0.25, -0.2) is 17.6 Å². The van der Waals surface area contributed by atoms with E-state index >= 15 is 0 Å². The molecule has 0 fully saturated rings. The highest BCUT2D eigenvalue weighted by molar-refractivity contribution is 7.89. The van der Waals surface area contributed by atoms with Gasteiger partial charge in [-0.2, -0.15) is 17.5 Å². The van der Waals surface area contributed by atoms with Gasteiger partial charge in [-0.15, -0.1) is 0 Å². The van der Waals surface area contributed by atoms with Crippen LogP contribution in [0.25, 0.3) is 0 Å². The SMILES string of the molecule is CCN(CC)S(=O)(=O)c1ccc(F)c(C(=O)OCC(=O)c2cccc(C(F)(F)F)c2)c1. The average molecular weight is 461 g/mol. The molecule has 0 atom stereocenters. The fourth-order valence-electron chi connectivity index (χ4n) is 2.70. The molecule has 31 heavy (non-hydrogen) atoms. The Kier molecular flexibility index (Phi) is 7.55. The van der Waals surface area contributed by atoms with Crippen LogP contribution < -0.4 is 0 Å². The van der Waals surface area contributed by atoms with Crippen molar-refractivity contribution in [1.82, 2.24) is 4.31 Å². The molecule has 0 amide bonds. The first-order chi connectivity index (χ1) is 14.4. The number of sulfonamides is 1. The van der Waals surface area contributed by atoms with E-state index in [1.54, 1.807) is 13.8 Å². The zero-order chi connectivity index (χ0) is 23.4. The molecule has 0 aliphatic carbocycles. The van der Waals surface area contributed by atoms with Crippen LogP contribution in [0, 0.1) is 5.82 Å². The van der Waals surface area contributed by atoms with E-state index in [0.717, 1.165) is 40.7 Å². The van der Waals surface area contributed by atoms with Crippen molar-refractivity contribution in [2.24, 2.45) is 0 Å². The number of ketones is 1. The molecule has 168 valence electrons. The minimum absolute atomic E-state index is 0.154. The van der Waals surface area contributed by atoms with Crippen LogP contribution in [-0.2, 0) is 20.9 Å². The van der Waals surface area contributed by atoms with Crippen molar-refractivity contribution in [1.29, 1.82) is 0 Å². The Morgan fingerprint density at radius 1 is 1.03 bits per heavy atom. The number of halogens is 4. The van der Waals surface area contributed by atoms with Crippen molar-refractivity contribution in [3.63, 3.8) is 0 Å². The molecule has 0 aromatic heterocycles. The first kappa shape index (κ1) is 24.5. The van der Waals surface area contributed by atoms with Crippen LogP contribution in [0.3, 0.4) is 0 Å². The lowest BCUT2D eigenvalue weighted by Crippen LogP contribution is -2.30. The fraction of sp³-hybridized carbons (Fsp3) is 0.300. The summed E-state index contributed by atoms with van der Waals surface area (Å²) < 4.78 is 83.3. The summed E-state index contributed by atoms with van der Waals surface area (Å²) in [5.74, 6) is -3.34. The van der Waals surface area contributed by atoms with Crippen molar-refractivity contribution in [3.8, 4) is 0 Å². The van der Waals surface area contributed by atoms with E-state index in [0.29, 0.717) is 6.07 Å². The van der Waals surface area contributed by atoms with Crippen LogP contribution in [-0.4, -0.2) is 44.2 Å². The number of benzene rings is 2. The van der Waals surface area contributed by atoms with Crippen molar-refractivity contribution in [3.05, 3.63) is 65.0 Å². The average Bonchev–Trinajstić information content (AvgIpc) is 2.72. The molecule has 0 saturated heterocycles. The number of hydrogen-bond acceptors (Lipinski definition) is 5. The van der Waals surface area contributed by atoms with Gasteiger partial charge in [-0.3, -0.25) is 4.79 Å². The third-order valence-corrected chi connectivity index (χ3v) is 6.39. The van der Waals surface area contributed by atoms with Gasteiger partial charge in [0.1, 0.15) is 5.82 Å². The lowest BCUT2D eigenvalue weighted by Gasteiger charge is -2.18. The van der Waals surface area contributed by atoms with Gasteiger partial charge in [0.05, 0.1) is 16.0 Å². The molecule has 6 nitrogen and oxygen atoms in total. The second kappa shape index (κ2) is 9.56. The van der Waals surface area contributed by atoms with Crippen LogP contribution in [0.15, 0.2) is 47.4 Å². The molecule has 0 bridgehead atoms. The Hall–Kier alpha value is -2.79. The summed E-state index contributed by atoms with van der Waals surface area (Å²) in [4.78, 5) is 24.0. The monoisotopic (exact) mass is 461 g/mol. The lowest BCUT2D eigenvalue weighted by molar-refractivity contribution is -0.137. The molecule has 2 rings (SSSR count). The van der Waals surface area contributed by atoms with E-state index in [2.05, 4.69) is 0 Å². The number of carbonyl (C=O) groups is 2. The largest absolute Gasteiger partial charge is 0.454 e. The number of ether oxygens (including phenoxy) is 1. The molecular weight excluding hydrogens is 442 g/mol. The van der Waals surface area contributed by atoms with Gasteiger partial charge < -0.3 is 4.74 Å². The summed E-state index contributed by atoms with van der Waals surface area (Å²) in [5.41, 5.74) is -2.11. The van der Waals surface area contributed by atoms with Crippen LogP contribution in [0.5, 0.6) is 0 Å². The molecule has 0 radical (unpaired) electrons. The minimum atomic E-state index is -4.66. The number of alkyl halides is 3. The Morgan fingerprint density at radius 3 is 2.26 bits per heavy atom. The van der Waals surface area contributed by atoms with Gasteiger partial charge in [0.2, 0.25) is 10.0 Å². The van der Waals surface area contributed by atoms with Crippen LogP contribution in [0.2, 0.25) is 0 Å². The quantitative estimate of drug-likeness (QED) is 0.338. The third kappa shape index (κ3) is 5.67. The maximum atomic E-state index is 14.1. The van der Waals surface area contributed by atoms with Gasteiger partial charge in [0.25, 0.3) is 0 Å². The van der Waals surface area contributed by atoms with Crippen LogP contribution >= 0.6 is 0 Å². The zero-order valence-corrected chi connectivity index (χ0v) is 17.4. The molecule has 0 aliphatic rings. The Labute approximate surface area is 176 Å². The number of carbonyl (C=O) groups excluding carboxylic acids is 2. The maximum Gasteiger partial charge on any atom is 0.416 e. The molecule has 0 spiro atoms. The molecule has 2 aromatic rings. The number of esters is 1. The Balaban J connectivity index is 2.20. The summed E-state index contributed by atoms with van der Waals surface area (Å²) in [6.45, 7) is 2.58. The Bertz CT molecular complexity index is 1080. The highest BCUT2D eigenvalue weighted by Crippen LogP contribution is 2.29. The van der Waals surface area contributed by atoms with E-state index in [9.17, 15) is 35.6 Å². The number of rotatable bonds is 8. The fourth-order valence-corrected chi connectivity index (χ4v) is 4.18. The van der Waals surface area contributed by atoms with E-state index in [1.165, 1.54) is 0 Å². The topological polar surface area (TPSA) is 80.8 Å². The summed E-state index contributed by atoms with van der Waals surface area (Å²) in [7, 11) is -3.98. The third-order valence-electron chi connectivity index (χ3n) is 4.35. The molecule has 0 saturated carbocycles. The van der Waals surface area contributed by atoms with Gasteiger partial charge in [0.15, 0.2) is 12.4 Å². The standard InChI is InChI=1S/C20H19F4NO5S/c1-3-25(4-2)31(28,29)15-8-9-17(21)16(11-15)19(27)30-12-18(26)13-6-5-7-14(10-13)20(22,23)24/h5-11H,3-4,12H2,1-2H3. The zero-order valence-electron chi connectivity index (χ0n) is 16.6. The lowest BCUT2D eigenvalue weighted by atomic mass is 10.1. The first-order valence-electron chi connectivity index (χ1n) is 9.09. The highest BCUT2D eigenvalue weighted by atomic mass is 32.2. The summed E-state index contributed by atoms with van der Waals surface area (Å²) in [6, 6.07) is 6.09. The van der Waals surface area contributed by atoms with Crippen molar-refractivity contribution >= 4 is 21.8 Å². The molecular formula is C20H19F4NO5S. The highest BCUT2D eigenvalue weighted by Gasteiger charge is 2.31. The van der Waals surface area contributed by atoms with Crippen molar-refractivity contribution in [2.45, 2.75) is 24.9 Å². The Morgan fingerprint density at radius 2 is 1.68 bits per heavy atom. The van der Waals surface area contributed by atoms with Crippen LogP contribution in [0.1, 0.15) is 40.1 Å². The van der Waals surface area contributed by atoms with Gasteiger partial charge in [-0.1, -0.05) is 26.0 Å². The maximum absolute atomic E-state index is 14.1. The second-order valence-corrected chi connectivity index (χ2v) is 8.25. The number of Topliss-reactive ketones (excluding diaryl/α,β-unsaturated/α-hetero) is 1. The second-order valence-electron chi connectivity index (χ2n) is 6.31. The van der Waals surface area contributed by atoms with Gasteiger partial charge in [0, 0.05) is 18.7 Å². The van der Waals surface area contributed by atoms with E-state index < -0.39 is 51.5 Å². The molecule has 0 N–H and O–H groups in total. The molecule has 2 aromatic carbocycles. The van der Waals surface area contributed by atoms with Crippen LogP contribution in [0.4, 0.5) is 17.6 Å². The number of hydrogen-bond donors (Lipinski definition) is 0. The van der Waals surface area contributed by atoms with E-state index in [-0.39, 0.29) is 23.5 Å². The minimum Gasteiger partial charge on any atom is -0.454 e. The van der Waals surface area contributed by atoms with E-state index in [4.69, 9.17) is 4.74 Å². The van der Waals surface area contributed by atoms with E-state index in [1.807, 2.05) is 0 Å². The molecule has 11 heteroatoms. The molecule has 0 unspecified atom stereocenters. The normalized spacial score (nSPS) is 12.1. The first-order valence-corrected chi connectivity index (χ1v) is 10.5. The van der Waals surface area contributed by atoms with Crippen molar-refractivity contribution in [2.75, 3.05) is 19.7 Å². The van der Waals surface area contributed by atoms with Crippen molar-refractivity contribution < 1.29 is 40.3 Å². The summed E-state index contributed by atoms with van der Waals surface area (Å²) >= 11 is 0. The smallest absolute Gasteiger partial charge is 0.416 e. The summed E-state index contributed by atoms with van der Waals surface area (Å²) in [6.07, 6.45) is -4.66. The molecule has 0 aliphatic heterocycles. The van der Waals surface area contributed by atoms with Gasteiger partial charge >= 0.3 is 12.1 Å². The number of nitrogens with zero attached hydrogens (tertiary/aromatic N) is 1. The summed E-state index contributed by atoms with van der Waals surface area (Å²) in [5, 5.41) is 0. The van der Waals surface area contributed by atoms with Gasteiger partial charge in [-0.05, 0) is 30.3 Å².